The quantitative estimate of drug-likeness (QED) is 0.422. The first-order valence-electron chi connectivity index (χ1n) is 11.2. The van der Waals surface area contributed by atoms with Gasteiger partial charge in [-0.1, -0.05) is 18.2 Å². The van der Waals surface area contributed by atoms with Crippen LogP contribution < -0.4 is 21.7 Å². The zero-order valence-corrected chi connectivity index (χ0v) is 21.1. The number of carbonyl (C=O) groups excluding carboxylic acids is 3. The van der Waals surface area contributed by atoms with E-state index < -0.39 is 17.9 Å². The van der Waals surface area contributed by atoms with Gasteiger partial charge in [0.15, 0.2) is 11.7 Å². The van der Waals surface area contributed by atoms with Crippen LogP contribution in [0.4, 0.5) is 11.4 Å². The molecule has 2 aromatic heterocycles. The van der Waals surface area contributed by atoms with Crippen LogP contribution >= 0.6 is 22.9 Å². The number of ether oxygens (including phenoxy) is 1. The van der Waals surface area contributed by atoms with Crippen LogP contribution in [-0.4, -0.2) is 41.4 Å². The molecule has 11 heteroatoms. The number of benzene rings is 1. The summed E-state index contributed by atoms with van der Waals surface area (Å²) in [6.45, 7) is 4.81. The molecule has 1 aromatic carbocycles. The van der Waals surface area contributed by atoms with Gasteiger partial charge in [0.1, 0.15) is 4.88 Å². The molecule has 1 aliphatic heterocycles. The Morgan fingerprint density at radius 2 is 2.09 bits per heavy atom. The van der Waals surface area contributed by atoms with E-state index in [0.29, 0.717) is 23.7 Å². The molecule has 1 saturated heterocycles. The summed E-state index contributed by atoms with van der Waals surface area (Å²) in [7, 11) is 0. The van der Waals surface area contributed by atoms with E-state index in [1.54, 1.807) is 0 Å². The van der Waals surface area contributed by atoms with Gasteiger partial charge in [-0.2, -0.15) is 4.37 Å². The van der Waals surface area contributed by atoms with E-state index in [4.69, 9.17) is 16.2 Å². The minimum Gasteiger partial charge on any atom is -0.395 e. The van der Waals surface area contributed by atoms with Gasteiger partial charge < -0.3 is 21.5 Å². The number of amides is 3. The standard InChI is InChI=1S/C24H27N5O4S2/c1-13-7-8-14(2)16(11-13)29(24(32)21-18(25)19(22(26)30)28-35-21)20(17-6-4-10-34-17)23(31)27-12-15-5-3-9-33-15/h4,6-8,10-11,15,20H,3,5,9,12,25H2,1-2H3,(H2,26,30)(H,27,31)/t15-,20+/m1/s1. The van der Waals surface area contributed by atoms with Crippen molar-refractivity contribution in [3.05, 3.63) is 62.3 Å². The summed E-state index contributed by atoms with van der Waals surface area (Å²) in [4.78, 5) is 41.6. The molecule has 0 unspecified atom stereocenters. The number of rotatable bonds is 8. The van der Waals surface area contributed by atoms with E-state index in [0.717, 1.165) is 35.5 Å². The number of anilines is 2. The minimum atomic E-state index is -0.970. The van der Waals surface area contributed by atoms with Gasteiger partial charge >= 0.3 is 0 Å². The third kappa shape index (κ3) is 5.21. The number of nitrogen functional groups attached to an aromatic ring is 1. The summed E-state index contributed by atoms with van der Waals surface area (Å²) in [5.41, 5.74) is 13.5. The van der Waals surface area contributed by atoms with Gasteiger partial charge in [0, 0.05) is 23.7 Å². The lowest BCUT2D eigenvalue weighted by Crippen LogP contribution is -2.45. The largest absolute Gasteiger partial charge is 0.395 e. The molecule has 184 valence electrons. The van der Waals surface area contributed by atoms with Crippen molar-refractivity contribution in [1.29, 1.82) is 0 Å². The molecule has 0 aliphatic carbocycles. The zero-order chi connectivity index (χ0) is 25.1. The summed E-state index contributed by atoms with van der Waals surface area (Å²) in [6, 6.07) is 8.36. The summed E-state index contributed by atoms with van der Waals surface area (Å²) in [6.07, 6.45) is 1.77. The molecule has 3 aromatic rings. The predicted molar refractivity (Wildman–Crippen MR) is 137 cm³/mol. The number of carbonyl (C=O) groups is 3. The van der Waals surface area contributed by atoms with E-state index in [-0.39, 0.29) is 28.3 Å². The number of nitrogens with two attached hydrogens (primary N) is 2. The molecule has 0 bridgehead atoms. The average Bonchev–Trinajstić information content (AvgIpc) is 3.59. The summed E-state index contributed by atoms with van der Waals surface area (Å²) < 4.78 is 9.64. The third-order valence-electron chi connectivity index (χ3n) is 5.85. The maximum atomic E-state index is 14.0. The molecule has 0 spiro atoms. The Bertz CT molecular complexity index is 1230. The highest BCUT2D eigenvalue weighted by Gasteiger charge is 2.37. The molecule has 9 nitrogen and oxygen atoms in total. The highest BCUT2D eigenvalue weighted by Crippen LogP contribution is 2.36. The van der Waals surface area contributed by atoms with Crippen LogP contribution in [-0.2, 0) is 9.53 Å². The number of nitrogens with one attached hydrogen (secondary N) is 1. The smallest absolute Gasteiger partial charge is 0.273 e. The molecule has 1 aliphatic rings. The Morgan fingerprint density at radius 1 is 1.29 bits per heavy atom. The SMILES string of the molecule is Cc1ccc(C)c(N(C(=O)c2snc(C(N)=O)c2N)[C@H](C(=O)NC[C@H]2CCCO2)c2cccs2)c1. The van der Waals surface area contributed by atoms with Crippen LogP contribution in [0.25, 0.3) is 0 Å². The van der Waals surface area contributed by atoms with Crippen LogP contribution in [0.1, 0.15) is 55.0 Å². The van der Waals surface area contributed by atoms with Gasteiger partial charge in [-0.15, -0.1) is 11.3 Å². The van der Waals surface area contributed by atoms with Gasteiger partial charge in [-0.25, -0.2) is 0 Å². The Morgan fingerprint density at radius 3 is 2.71 bits per heavy atom. The lowest BCUT2D eigenvalue weighted by Gasteiger charge is -2.32. The van der Waals surface area contributed by atoms with Crippen LogP contribution in [0, 0.1) is 13.8 Å². The number of hydrogen-bond acceptors (Lipinski definition) is 8. The number of primary amides is 1. The highest BCUT2D eigenvalue weighted by molar-refractivity contribution is 7.10. The van der Waals surface area contributed by atoms with Gasteiger partial charge in [0.25, 0.3) is 11.8 Å². The lowest BCUT2D eigenvalue weighted by molar-refractivity contribution is -0.122. The van der Waals surface area contributed by atoms with Crippen molar-refractivity contribution < 1.29 is 19.1 Å². The topological polar surface area (TPSA) is 141 Å². The van der Waals surface area contributed by atoms with E-state index >= 15 is 0 Å². The van der Waals surface area contributed by atoms with Gasteiger partial charge in [-0.3, -0.25) is 19.3 Å². The van der Waals surface area contributed by atoms with Crippen molar-refractivity contribution in [2.24, 2.45) is 5.73 Å². The zero-order valence-electron chi connectivity index (χ0n) is 19.4. The maximum Gasteiger partial charge on any atom is 0.273 e. The fourth-order valence-corrected chi connectivity index (χ4v) is 5.58. The van der Waals surface area contributed by atoms with Crippen molar-refractivity contribution in [3.63, 3.8) is 0 Å². The third-order valence-corrected chi connectivity index (χ3v) is 7.62. The molecule has 0 radical (unpaired) electrons. The average molecular weight is 514 g/mol. The lowest BCUT2D eigenvalue weighted by atomic mass is 10.1. The molecular formula is C24H27N5O4S2. The first-order chi connectivity index (χ1) is 16.8. The fraction of sp³-hybridized carbons (Fsp3) is 0.333. The second-order valence-electron chi connectivity index (χ2n) is 8.40. The number of aryl methyl sites for hydroxylation is 2. The maximum absolute atomic E-state index is 14.0. The number of hydrogen-bond donors (Lipinski definition) is 3. The number of aromatic nitrogens is 1. The van der Waals surface area contributed by atoms with Crippen LogP contribution in [0.3, 0.4) is 0 Å². The monoisotopic (exact) mass is 513 g/mol. The second kappa shape index (κ2) is 10.5. The molecule has 4 rings (SSSR count). The van der Waals surface area contributed by atoms with Crippen molar-refractivity contribution >= 4 is 52.0 Å². The van der Waals surface area contributed by atoms with Crippen molar-refractivity contribution in [3.8, 4) is 0 Å². The molecule has 35 heavy (non-hydrogen) atoms. The Hall–Kier alpha value is -3.28. The molecule has 1 fully saturated rings. The molecule has 0 saturated carbocycles. The van der Waals surface area contributed by atoms with Crippen LogP contribution in [0.5, 0.6) is 0 Å². The molecule has 3 amide bonds. The molecule has 3 heterocycles. The highest BCUT2D eigenvalue weighted by atomic mass is 32.1. The molecular weight excluding hydrogens is 486 g/mol. The van der Waals surface area contributed by atoms with Gasteiger partial charge in [0.2, 0.25) is 5.91 Å². The Labute approximate surface area is 211 Å². The van der Waals surface area contributed by atoms with Gasteiger partial charge in [-0.05, 0) is 66.9 Å². The van der Waals surface area contributed by atoms with Crippen molar-refractivity contribution in [1.82, 2.24) is 9.69 Å². The first-order valence-corrected chi connectivity index (χ1v) is 12.8. The van der Waals surface area contributed by atoms with E-state index in [2.05, 4.69) is 9.69 Å². The van der Waals surface area contributed by atoms with Crippen molar-refractivity contribution in [2.45, 2.75) is 38.8 Å². The minimum absolute atomic E-state index is 0.0492. The predicted octanol–water partition coefficient (Wildman–Crippen LogP) is 3.19. The van der Waals surface area contributed by atoms with Crippen LogP contribution in [0.15, 0.2) is 35.7 Å². The summed E-state index contributed by atoms with van der Waals surface area (Å²) in [5, 5.41) is 4.83. The molecule has 5 N–H and O–H groups in total. The fourth-order valence-electron chi connectivity index (χ4n) is 4.02. The summed E-state index contributed by atoms with van der Waals surface area (Å²) >= 11 is 2.16. The van der Waals surface area contributed by atoms with Gasteiger partial charge in [0.05, 0.1) is 11.8 Å². The second-order valence-corrected chi connectivity index (χ2v) is 10.2. The Balaban J connectivity index is 1.80. The van der Waals surface area contributed by atoms with E-state index in [9.17, 15) is 14.4 Å². The van der Waals surface area contributed by atoms with Crippen LogP contribution in [0.2, 0.25) is 0 Å². The number of thiophene rings is 1. The first kappa shape index (κ1) is 24.8. The molecule has 2 atom stereocenters. The normalized spacial score (nSPS) is 16.1. The van der Waals surface area contributed by atoms with E-state index in [1.807, 2.05) is 49.6 Å². The van der Waals surface area contributed by atoms with Crippen molar-refractivity contribution in [2.75, 3.05) is 23.8 Å². The number of nitrogens with zero attached hydrogens (tertiary/aromatic N) is 2. The summed E-state index contributed by atoms with van der Waals surface area (Å²) in [5.74, 6) is -1.69. The Kier molecular flexibility index (Phi) is 7.48. The van der Waals surface area contributed by atoms with E-state index in [1.165, 1.54) is 16.2 Å².